The zero-order chi connectivity index (χ0) is 28.9. The van der Waals surface area contributed by atoms with Gasteiger partial charge < -0.3 is 20.1 Å². The molecular weight excluding hydrogens is 586 g/mol. The summed E-state index contributed by atoms with van der Waals surface area (Å²) in [5.41, 5.74) is 5.49. The van der Waals surface area contributed by atoms with Gasteiger partial charge in [0.1, 0.15) is 35.7 Å². The third-order valence-corrected chi connectivity index (χ3v) is 9.22. The molecule has 1 saturated heterocycles. The Morgan fingerprint density at radius 2 is 1.95 bits per heavy atom. The average molecular weight is 613 g/mol. The minimum atomic E-state index is -4.31. The largest absolute Gasteiger partial charge is 0.460 e. The summed E-state index contributed by atoms with van der Waals surface area (Å²) in [5, 5.41) is 11.4. The number of halogens is 2. The van der Waals surface area contributed by atoms with Gasteiger partial charge in [-0.25, -0.2) is 13.8 Å². The molecular formula is C25H27ClFN4O7PS. The molecule has 2 heterocycles. The second-order valence-electron chi connectivity index (χ2n) is 8.82. The molecule has 1 aliphatic rings. The van der Waals surface area contributed by atoms with E-state index in [1.165, 1.54) is 43.5 Å². The van der Waals surface area contributed by atoms with Crippen LogP contribution in [0.5, 0.6) is 5.75 Å². The van der Waals surface area contributed by atoms with Gasteiger partial charge in [0.05, 0.1) is 11.9 Å². The Labute approximate surface area is 238 Å². The Morgan fingerprint density at radius 1 is 1.25 bits per heavy atom. The molecule has 214 valence electrons. The number of alkyl halides is 1. The molecule has 6 atom stereocenters. The van der Waals surface area contributed by atoms with Gasteiger partial charge in [0, 0.05) is 11.2 Å². The summed E-state index contributed by atoms with van der Waals surface area (Å²) in [7, 11) is -4.31. The number of nitrogens with one attached hydrogen (secondary N) is 1. The quantitative estimate of drug-likeness (QED) is 0.214. The summed E-state index contributed by atoms with van der Waals surface area (Å²) in [6, 6.07) is 15.1. The molecule has 1 fully saturated rings. The van der Waals surface area contributed by atoms with E-state index in [1.54, 1.807) is 24.3 Å². The number of hydrogen-bond acceptors (Lipinski definition) is 10. The van der Waals surface area contributed by atoms with Crippen molar-refractivity contribution in [2.45, 2.75) is 42.5 Å². The number of hydrogen-bond donors (Lipinski definition) is 3. The summed E-state index contributed by atoms with van der Waals surface area (Å²) < 4.78 is 46.3. The molecule has 0 saturated carbocycles. The molecule has 0 spiro atoms. The number of thioether (sulfide) groups is 1. The van der Waals surface area contributed by atoms with Crippen LogP contribution >= 0.6 is 31.1 Å². The van der Waals surface area contributed by atoms with E-state index in [1.807, 2.05) is 6.07 Å². The monoisotopic (exact) mass is 612 g/mol. The first-order valence-corrected chi connectivity index (χ1v) is 14.9. The molecule has 1 aliphatic heterocycles. The third-order valence-electron chi connectivity index (χ3n) is 5.80. The highest BCUT2D eigenvalue weighted by Crippen LogP contribution is 2.49. The van der Waals surface area contributed by atoms with Gasteiger partial charge in [-0.1, -0.05) is 41.9 Å². The molecule has 0 aliphatic carbocycles. The van der Waals surface area contributed by atoms with E-state index in [9.17, 15) is 19.3 Å². The molecule has 40 heavy (non-hydrogen) atoms. The van der Waals surface area contributed by atoms with E-state index in [0.717, 1.165) is 21.9 Å². The highest BCUT2D eigenvalue weighted by molar-refractivity contribution is 8.00. The van der Waals surface area contributed by atoms with Crippen LogP contribution in [0.1, 0.15) is 17.9 Å². The van der Waals surface area contributed by atoms with Crippen molar-refractivity contribution in [3.63, 3.8) is 0 Å². The minimum absolute atomic E-state index is 0.00155. The lowest BCUT2D eigenvalue weighted by Crippen LogP contribution is -2.36. The van der Waals surface area contributed by atoms with Crippen LogP contribution in [0.4, 0.5) is 10.2 Å². The first kappa shape index (κ1) is 30.0. The number of aliphatic hydroxyl groups excluding tert-OH is 1. The van der Waals surface area contributed by atoms with Crippen LogP contribution < -0.4 is 21.0 Å². The number of nitrogens with two attached hydrogens (primary N) is 1. The lowest BCUT2D eigenvalue weighted by Gasteiger charge is -2.24. The van der Waals surface area contributed by atoms with Gasteiger partial charge in [0.25, 0.3) is 0 Å². The second kappa shape index (κ2) is 13.2. The topological polar surface area (TPSA) is 155 Å². The number of nitrogens with zero attached hydrogens (tertiary/aromatic N) is 2. The standard InChI is InChI=1S/C25H27ClFN4O7PS/c1-15(24(33)36-13-16-5-3-2-4-6-16)30-39(35,38-18-9-7-17(26)8-10-18)37-14-19-22(32)21(27)23(40-19)31-12-11-20(28)29-25(31)34/h2-12,15,19,21-23,32H,13-14H2,1H3,(H,30,35)(H2,28,29,34)/t15-,19+,21-,22+,23+,39?/m0/s1. The fraction of sp³-hybridized carbons (Fsp3) is 0.320. The van der Waals surface area contributed by atoms with Gasteiger partial charge in [0.2, 0.25) is 0 Å². The second-order valence-corrected chi connectivity index (χ2v) is 12.3. The number of carbonyl (C=O) groups excluding carboxylic acids is 1. The van der Waals surface area contributed by atoms with E-state index in [2.05, 4.69) is 10.1 Å². The average Bonchev–Trinajstić information content (AvgIpc) is 3.21. The number of benzene rings is 2. The Bertz CT molecular complexity index is 1420. The predicted molar refractivity (Wildman–Crippen MR) is 149 cm³/mol. The van der Waals surface area contributed by atoms with Gasteiger partial charge in [-0.15, -0.1) is 11.8 Å². The normalized spacial score (nSPS) is 22.8. The number of aliphatic hydroxyl groups is 1. The summed E-state index contributed by atoms with van der Waals surface area (Å²) in [4.78, 5) is 28.4. The third kappa shape index (κ3) is 7.62. The van der Waals surface area contributed by atoms with Crippen molar-refractivity contribution in [3.8, 4) is 5.75 Å². The van der Waals surface area contributed by atoms with Crippen LogP contribution in [-0.2, 0) is 25.2 Å². The zero-order valence-corrected chi connectivity index (χ0v) is 23.6. The fourth-order valence-corrected chi connectivity index (χ4v) is 6.89. The van der Waals surface area contributed by atoms with Crippen LogP contribution in [0.3, 0.4) is 0 Å². The van der Waals surface area contributed by atoms with Crippen molar-refractivity contribution < 1.29 is 32.6 Å². The minimum Gasteiger partial charge on any atom is -0.460 e. The maximum Gasteiger partial charge on any atom is 0.459 e. The molecule has 0 bridgehead atoms. The van der Waals surface area contributed by atoms with E-state index in [-0.39, 0.29) is 18.2 Å². The fourth-order valence-electron chi connectivity index (χ4n) is 3.72. The Kier molecular flexibility index (Phi) is 9.88. The van der Waals surface area contributed by atoms with Crippen molar-refractivity contribution in [1.82, 2.24) is 14.6 Å². The number of aromatic nitrogens is 2. The van der Waals surface area contributed by atoms with Gasteiger partial charge in [-0.2, -0.15) is 10.1 Å². The molecule has 4 rings (SSSR count). The van der Waals surface area contributed by atoms with Crippen LogP contribution in [0.2, 0.25) is 5.02 Å². The summed E-state index contributed by atoms with van der Waals surface area (Å²) in [5.74, 6) is -0.630. The maximum absolute atomic E-state index is 15.0. The van der Waals surface area contributed by atoms with Crippen LogP contribution in [0, 0.1) is 0 Å². The van der Waals surface area contributed by atoms with Crippen molar-refractivity contribution in [2.24, 2.45) is 0 Å². The SMILES string of the molecule is C[C@H](NP(=O)(OC[C@H]1S[C@@H](n2ccc(N)nc2=O)[C@@H](F)[C@@H]1O)Oc1ccc(Cl)cc1)C(=O)OCc1ccccc1. The molecule has 15 heteroatoms. The van der Waals surface area contributed by atoms with Gasteiger partial charge in [0.15, 0.2) is 6.17 Å². The molecule has 1 aromatic heterocycles. The molecule has 0 radical (unpaired) electrons. The molecule has 2 aromatic carbocycles. The number of esters is 1. The highest BCUT2D eigenvalue weighted by atomic mass is 35.5. The summed E-state index contributed by atoms with van der Waals surface area (Å²) in [6.07, 6.45) is -2.15. The van der Waals surface area contributed by atoms with Crippen LogP contribution in [0.15, 0.2) is 71.7 Å². The first-order chi connectivity index (χ1) is 19.0. The smallest absolute Gasteiger partial charge is 0.459 e. The number of rotatable bonds is 11. The van der Waals surface area contributed by atoms with Gasteiger partial charge >= 0.3 is 19.4 Å². The van der Waals surface area contributed by atoms with E-state index in [4.69, 9.17) is 31.1 Å². The van der Waals surface area contributed by atoms with Crippen molar-refractivity contribution >= 4 is 42.9 Å². The molecule has 1 unspecified atom stereocenters. The number of carbonyl (C=O) groups is 1. The summed E-state index contributed by atoms with van der Waals surface area (Å²) >= 11 is 6.82. The Balaban J connectivity index is 1.46. The number of nitrogen functional groups attached to an aromatic ring is 1. The van der Waals surface area contributed by atoms with Crippen molar-refractivity contribution in [2.75, 3.05) is 12.3 Å². The molecule has 11 nitrogen and oxygen atoms in total. The highest BCUT2D eigenvalue weighted by Gasteiger charge is 2.46. The summed E-state index contributed by atoms with van der Waals surface area (Å²) in [6.45, 7) is 0.962. The van der Waals surface area contributed by atoms with Gasteiger partial charge in [-0.3, -0.25) is 13.9 Å². The van der Waals surface area contributed by atoms with Crippen molar-refractivity contribution in [3.05, 3.63) is 87.9 Å². The number of anilines is 1. The Morgan fingerprint density at radius 3 is 2.62 bits per heavy atom. The predicted octanol–water partition coefficient (Wildman–Crippen LogP) is 3.72. The van der Waals surface area contributed by atoms with Crippen molar-refractivity contribution in [1.29, 1.82) is 0 Å². The van der Waals surface area contributed by atoms with E-state index in [0.29, 0.717) is 5.02 Å². The molecule has 4 N–H and O–H groups in total. The zero-order valence-electron chi connectivity index (χ0n) is 21.1. The first-order valence-electron chi connectivity index (χ1n) is 12.0. The van der Waals surface area contributed by atoms with Crippen LogP contribution in [0.25, 0.3) is 0 Å². The van der Waals surface area contributed by atoms with Crippen LogP contribution in [-0.4, -0.2) is 50.8 Å². The van der Waals surface area contributed by atoms with Gasteiger partial charge in [-0.05, 0) is 42.8 Å². The lowest BCUT2D eigenvalue weighted by atomic mass is 10.1. The van der Waals surface area contributed by atoms with E-state index < -0.39 is 55.0 Å². The number of ether oxygens (including phenoxy) is 1. The maximum atomic E-state index is 15.0. The Hall–Kier alpha value is -2.93. The lowest BCUT2D eigenvalue weighted by molar-refractivity contribution is -0.146. The molecule has 0 amide bonds. The van der Waals surface area contributed by atoms with E-state index >= 15 is 4.39 Å². The molecule has 3 aromatic rings.